The molecule has 0 saturated heterocycles. The second-order valence-corrected chi connectivity index (χ2v) is 34.1. The number of benzene rings is 19. The van der Waals surface area contributed by atoms with Gasteiger partial charge in [0.2, 0.25) is 0 Å². The molecule has 0 radical (unpaired) electrons. The van der Waals surface area contributed by atoms with Crippen molar-refractivity contribution in [1.82, 2.24) is 9.13 Å². The Morgan fingerprint density at radius 1 is 0.190 bits per heavy atom. The van der Waals surface area contributed by atoms with Crippen molar-refractivity contribution in [1.29, 1.82) is 0 Å². The van der Waals surface area contributed by atoms with Crippen molar-refractivity contribution in [2.75, 3.05) is 0 Å². The zero-order chi connectivity index (χ0) is 82.6. The molecule has 0 spiro atoms. The topological polar surface area (TPSA) is 65.2 Å². The van der Waals surface area contributed by atoms with E-state index in [9.17, 15) is 0 Å². The van der Waals surface area contributed by atoms with E-state index in [1.165, 1.54) is 91.4 Å². The van der Waals surface area contributed by atoms with Crippen LogP contribution in [-0.2, 0) is 0 Å². The summed E-state index contributed by atoms with van der Waals surface area (Å²) in [5.41, 5.74) is 29.1. The van der Waals surface area contributed by atoms with Crippen LogP contribution in [0.25, 0.3) is 131 Å². The van der Waals surface area contributed by atoms with Gasteiger partial charge in [-0.25, -0.2) is 0 Å². The molecule has 0 N–H and O–H groups in total. The van der Waals surface area contributed by atoms with Gasteiger partial charge in [0.25, 0.3) is 20.1 Å². The highest BCUT2D eigenvalue weighted by Gasteiger charge is 2.44. The minimum atomic E-state index is -0.000751. The molecule has 3 aromatic heterocycles. The third kappa shape index (κ3) is 11.5. The normalized spacial score (nSPS) is 12.8. The number of hydrogen-bond donors (Lipinski definition) is 0. The number of hydrogen-bond acceptors (Lipinski definition) is 7. The molecule has 0 atom stereocenters. The van der Waals surface area contributed by atoms with E-state index in [0.29, 0.717) is 0 Å². The molecule has 0 fully saturated rings. The summed E-state index contributed by atoms with van der Waals surface area (Å²) in [6, 6.07) is 148. The van der Waals surface area contributed by atoms with E-state index in [-0.39, 0.29) is 20.1 Å². The summed E-state index contributed by atoms with van der Waals surface area (Å²) < 4.78 is 46.2. The Kier molecular flexibility index (Phi) is 16.4. The summed E-state index contributed by atoms with van der Waals surface area (Å²) in [6.45, 7) is 0.0981. The largest absolute Gasteiger partial charge is 0.458 e. The first-order valence-electron chi connectivity index (χ1n) is 42.9. The molecule has 126 heavy (non-hydrogen) atoms. The van der Waals surface area contributed by atoms with Crippen molar-refractivity contribution < 1.29 is 28.4 Å². The Hall–Kier alpha value is -16.0. The maximum absolute atomic E-state index is 6.67. The molecule has 586 valence electrons. The van der Waals surface area contributed by atoms with Gasteiger partial charge in [0, 0.05) is 75.0 Å². The molecule has 9 heterocycles. The first kappa shape index (κ1) is 71.7. The average molecular weight is 1630 g/mol. The summed E-state index contributed by atoms with van der Waals surface area (Å²) in [5.74, 6) is 10.6. The summed E-state index contributed by atoms with van der Waals surface area (Å²) >= 11 is 1.87. The lowest BCUT2D eigenvalue weighted by Gasteiger charge is -2.34. The van der Waals surface area contributed by atoms with Crippen LogP contribution in [0.15, 0.2) is 419 Å². The van der Waals surface area contributed by atoms with Gasteiger partial charge in [0.1, 0.15) is 69.0 Å². The van der Waals surface area contributed by atoms with E-state index in [2.05, 4.69) is 367 Å². The van der Waals surface area contributed by atoms with Crippen molar-refractivity contribution in [3.05, 3.63) is 419 Å². The van der Waals surface area contributed by atoms with E-state index in [4.69, 9.17) is 28.4 Å². The van der Waals surface area contributed by atoms with Crippen LogP contribution in [0.1, 0.15) is 0 Å². The summed E-state index contributed by atoms with van der Waals surface area (Å²) in [5, 5.41) is 7.71. The molecule has 0 saturated carbocycles. The van der Waals surface area contributed by atoms with Crippen LogP contribution in [-0.4, -0.2) is 29.3 Å². The molecule has 0 amide bonds. The van der Waals surface area contributed by atoms with Crippen molar-refractivity contribution in [3.8, 4) is 136 Å². The fourth-order valence-corrected chi connectivity index (χ4v) is 21.7. The molecule has 8 nitrogen and oxygen atoms in total. The monoisotopic (exact) mass is 1630 g/mol. The van der Waals surface area contributed by atoms with Crippen LogP contribution in [0.4, 0.5) is 0 Å². The Morgan fingerprint density at radius 3 is 1.05 bits per heavy atom. The number of aromatic nitrogens is 2. The van der Waals surface area contributed by atoms with Crippen LogP contribution in [0.2, 0.25) is 0 Å². The Bertz CT molecular complexity index is 8150. The highest BCUT2D eigenvalue weighted by molar-refractivity contribution is 7.26. The molecule has 28 rings (SSSR count). The molecule has 12 heteroatoms. The standard InChI is InChI=1S/2C42H26BNO2.C30H17BO2S/c1-2-10-28(11-3-1)31-14-8-15-34-42(31)46-40-19-9-18-39-41(40)43(34)35-26-29(22-25-38(35)45-39)27-20-23-30(24-21-27)44-36-16-6-4-12-32(36)33-13-5-7-17-37(33)44;1-2-9-27(10-3-1)30-19-23-34-41(26-30)46-40-16-8-15-39-42(40)43(34)35-25-29(20-24-38(35)45-39)28-17-21-31(22-18-28)44-36-13-6-4-11-32(36)33-12-5-7-14-37(33)44;1-4-14-28-20(7-1)21-9-5-8-19(30(21)34-28)18-15-16-25-23(17-18)31-22-10-2-3-11-24(22)32-26-12-6-13-27(33-25)29(26)31/h2*1-26H;1-17H. The highest BCUT2D eigenvalue weighted by atomic mass is 32.1. The second-order valence-electron chi connectivity index (χ2n) is 33.0. The molecule has 19 aromatic carbocycles. The molecular formula is C114H69B3N2O6S. The minimum Gasteiger partial charge on any atom is -0.458 e. The summed E-state index contributed by atoms with van der Waals surface area (Å²) in [7, 11) is 0. The van der Waals surface area contributed by atoms with Gasteiger partial charge in [-0.15, -0.1) is 11.3 Å². The van der Waals surface area contributed by atoms with E-state index in [0.717, 1.165) is 158 Å². The smallest absolute Gasteiger partial charge is 0.260 e. The number of para-hydroxylation sites is 6. The van der Waals surface area contributed by atoms with E-state index in [1.807, 2.05) is 72.0 Å². The second kappa shape index (κ2) is 28.8. The Balaban J connectivity index is 0.000000102. The van der Waals surface area contributed by atoms with Gasteiger partial charge >= 0.3 is 0 Å². The van der Waals surface area contributed by atoms with Gasteiger partial charge in [-0.2, -0.15) is 0 Å². The van der Waals surface area contributed by atoms with Crippen LogP contribution in [0, 0.1) is 0 Å². The number of fused-ring (bicyclic) bond motifs is 21. The fourth-order valence-electron chi connectivity index (χ4n) is 20.4. The SMILES string of the molecule is c1ccc(-c2ccc3c(c2)Oc2cccc4c2B3c2cc(-c3ccc(-n5c6ccccc6c6ccccc65)cc3)ccc2O4)cc1.c1ccc(-c2cccc3c2Oc2cccc4c2B3c2cc(-c3ccc(-n5c6ccccc6c6ccccc65)cc3)ccc2O4)cc1.c1ccc2c(c1)Oc1cccc3c1B2c1cc(-c2cccc4c2sc2ccccc24)ccc1O3. The predicted octanol–water partition coefficient (Wildman–Crippen LogP) is 24.1. The van der Waals surface area contributed by atoms with Gasteiger partial charge in [-0.1, -0.05) is 297 Å². The predicted molar refractivity (Wildman–Crippen MR) is 521 cm³/mol. The Labute approximate surface area is 731 Å². The lowest BCUT2D eigenvalue weighted by molar-refractivity contribution is 0.464. The zero-order valence-corrected chi connectivity index (χ0v) is 68.6. The van der Waals surface area contributed by atoms with Crippen molar-refractivity contribution in [2.24, 2.45) is 0 Å². The van der Waals surface area contributed by atoms with Crippen molar-refractivity contribution >= 4 is 144 Å². The van der Waals surface area contributed by atoms with Crippen molar-refractivity contribution in [3.63, 3.8) is 0 Å². The summed E-state index contributed by atoms with van der Waals surface area (Å²) in [6.07, 6.45) is 0. The van der Waals surface area contributed by atoms with Crippen LogP contribution < -0.4 is 77.6 Å². The van der Waals surface area contributed by atoms with Crippen LogP contribution >= 0.6 is 11.3 Å². The maximum Gasteiger partial charge on any atom is 0.260 e. The highest BCUT2D eigenvalue weighted by Crippen LogP contribution is 2.46. The third-order valence-corrected chi connectivity index (χ3v) is 27.3. The van der Waals surface area contributed by atoms with Gasteiger partial charge in [-0.05, 0) is 204 Å². The van der Waals surface area contributed by atoms with E-state index >= 15 is 0 Å². The lowest BCUT2D eigenvalue weighted by atomic mass is 9.34. The number of thiophene rings is 1. The Morgan fingerprint density at radius 2 is 0.524 bits per heavy atom. The first-order valence-corrected chi connectivity index (χ1v) is 43.7. The third-order valence-electron chi connectivity index (χ3n) is 26.1. The van der Waals surface area contributed by atoms with Crippen LogP contribution in [0.3, 0.4) is 0 Å². The number of ether oxygens (including phenoxy) is 6. The molecule has 6 aliphatic heterocycles. The molecular weight excluding hydrogens is 1560 g/mol. The quantitative estimate of drug-likeness (QED) is 0.148. The lowest BCUT2D eigenvalue weighted by Crippen LogP contribution is -2.57. The van der Waals surface area contributed by atoms with Gasteiger partial charge < -0.3 is 37.6 Å². The number of nitrogens with zero attached hydrogens (tertiary/aromatic N) is 2. The van der Waals surface area contributed by atoms with Gasteiger partial charge in [0.15, 0.2) is 0 Å². The molecule has 6 aliphatic rings. The zero-order valence-electron chi connectivity index (χ0n) is 67.8. The van der Waals surface area contributed by atoms with Crippen LogP contribution in [0.5, 0.6) is 69.0 Å². The van der Waals surface area contributed by atoms with Crippen molar-refractivity contribution in [2.45, 2.75) is 0 Å². The van der Waals surface area contributed by atoms with Gasteiger partial charge in [0.05, 0.1) is 22.1 Å². The maximum atomic E-state index is 6.67. The molecule has 0 bridgehead atoms. The van der Waals surface area contributed by atoms with E-state index < -0.39 is 0 Å². The molecule has 0 unspecified atom stereocenters. The molecule has 0 aliphatic carbocycles. The van der Waals surface area contributed by atoms with E-state index in [1.54, 1.807) is 0 Å². The average Bonchev–Trinajstić information content (AvgIpc) is 1.18. The summed E-state index contributed by atoms with van der Waals surface area (Å²) in [4.78, 5) is 0. The number of rotatable bonds is 7. The fraction of sp³-hybridized carbons (Fsp3) is 0. The molecule has 22 aromatic rings. The first-order chi connectivity index (χ1) is 62.5. The van der Waals surface area contributed by atoms with Gasteiger partial charge in [-0.3, -0.25) is 0 Å². The minimum absolute atomic E-state index is 0.000751.